The summed E-state index contributed by atoms with van der Waals surface area (Å²) in [6.45, 7) is 1.42. The number of hydrogen-bond donors (Lipinski definition) is 1. The quantitative estimate of drug-likeness (QED) is 0.813. The molecular weight excluding hydrogens is 232 g/mol. The highest BCUT2D eigenvalue weighted by molar-refractivity contribution is 5.96. The molecule has 92 valence electrons. The largest absolute Gasteiger partial charge is 0.467 e. The molecule has 1 N–H and O–H groups in total. The number of carbonyl (C=O) groups is 2. The molecule has 0 aliphatic carbocycles. The first-order valence-corrected chi connectivity index (χ1v) is 4.79. The van der Waals surface area contributed by atoms with Crippen molar-refractivity contribution < 1.29 is 23.1 Å². The maximum Gasteiger partial charge on any atom is 0.328 e. The molecule has 0 spiro atoms. The topological polar surface area (TPSA) is 55.4 Å². The minimum atomic E-state index is -1.12. The maximum atomic E-state index is 12.9. The Kier molecular flexibility index (Phi) is 4.14. The number of halogens is 2. The van der Waals surface area contributed by atoms with Crippen molar-refractivity contribution in [2.75, 3.05) is 7.11 Å². The highest BCUT2D eigenvalue weighted by atomic mass is 19.2. The summed E-state index contributed by atoms with van der Waals surface area (Å²) in [4.78, 5) is 22.6. The third-order valence-corrected chi connectivity index (χ3v) is 2.08. The zero-order valence-electron chi connectivity index (χ0n) is 9.29. The number of esters is 1. The van der Waals surface area contributed by atoms with Crippen LogP contribution in [0.4, 0.5) is 8.78 Å². The van der Waals surface area contributed by atoms with E-state index in [9.17, 15) is 18.4 Å². The van der Waals surface area contributed by atoms with E-state index in [1.165, 1.54) is 14.0 Å². The van der Waals surface area contributed by atoms with Crippen LogP contribution in [0, 0.1) is 11.6 Å². The lowest BCUT2D eigenvalue weighted by atomic mass is 10.2. The molecule has 1 aromatic rings. The van der Waals surface area contributed by atoms with E-state index in [1.807, 2.05) is 0 Å². The van der Waals surface area contributed by atoms with E-state index in [2.05, 4.69) is 10.1 Å². The number of benzene rings is 1. The Morgan fingerprint density at radius 3 is 2.47 bits per heavy atom. The Labute approximate surface area is 96.6 Å². The molecule has 1 atom stereocenters. The van der Waals surface area contributed by atoms with Gasteiger partial charge in [0.25, 0.3) is 5.91 Å². The van der Waals surface area contributed by atoms with Crippen LogP contribution in [0.25, 0.3) is 0 Å². The van der Waals surface area contributed by atoms with Crippen molar-refractivity contribution in [3.05, 3.63) is 35.4 Å². The summed E-state index contributed by atoms with van der Waals surface area (Å²) < 4.78 is 29.9. The monoisotopic (exact) mass is 243 g/mol. The van der Waals surface area contributed by atoms with Crippen molar-refractivity contribution in [1.82, 2.24) is 5.32 Å². The summed E-state index contributed by atoms with van der Waals surface area (Å²) in [6, 6.07) is 1.86. The van der Waals surface area contributed by atoms with Crippen LogP contribution in [0.15, 0.2) is 18.2 Å². The number of ether oxygens (including phenoxy) is 1. The van der Waals surface area contributed by atoms with Crippen molar-refractivity contribution in [1.29, 1.82) is 0 Å². The Balaban J connectivity index is 2.76. The summed E-state index contributed by atoms with van der Waals surface area (Å²) in [5.74, 6) is -3.46. The fourth-order valence-corrected chi connectivity index (χ4v) is 1.15. The Hall–Kier alpha value is -1.98. The van der Waals surface area contributed by atoms with E-state index < -0.39 is 29.6 Å². The third-order valence-electron chi connectivity index (χ3n) is 2.08. The maximum absolute atomic E-state index is 12.9. The van der Waals surface area contributed by atoms with Gasteiger partial charge in [0, 0.05) is 5.56 Å². The van der Waals surface area contributed by atoms with E-state index in [0.717, 1.165) is 18.2 Å². The molecule has 0 unspecified atom stereocenters. The Bertz CT molecular complexity index is 448. The summed E-state index contributed by atoms with van der Waals surface area (Å²) in [7, 11) is 1.18. The molecular formula is C11H11F2NO3. The summed E-state index contributed by atoms with van der Waals surface area (Å²) in [6.07, 6.45) is 0. The van der Waals surface area contributed by atoms with E-state index in [0.29, 0.717) is 0 Å². The third kappa shape index (κ3) is 3.24. The van der Waals surface area contributed by atoms with Crippen molar-refractivity contribution in [2.24, 2.45) is 0 Å². The lowest BCUT2D eigenvalue weighted by Gasteiger charge is -2.11. The Morgan fingerprint density at radius 2 is 1.94 bits per heavy atom. The molecule has 4 nitrogen and oxygen atoms in total. The number of rotatable bonds is 3. The summed E-state index contributed by atoms with van der Waals surface area (Å²) in [5.41, 5.74) is -0.0698. The molecule has 1 rings (SSSR count). The molecule has 1 aromatic carbocycles. The highest BCUT2D eigenvalue weighted by Crippen LogP contribution is 2.08. The second-order valence-corrected chi connectivity index (χ2v) is 3.35. The molecule has 17 heavy (non-hydrogen) atoms. The molecule has 0 saturated heterocycles. The van der Waals surface area contributed by atoms with Crippen LogP contribution in [-0.2, 0) is 9.53 Å². The van der Waals surface area contributed by atoms with Crippen LogP contribution in [0.1, 0.15) is 17.3 Å². The van der Waals surface area contributed by atoms with Crippen molar-refractivity contribution in [3.8, 4) is 0 Å². The summed E-state index contributed by atoms with van der Waals surface area (Å²) >= 11 is 0. The van der Waals surface area contributed by atoms with Gasteiger partial charge in [-0.2, -0.15) is 0 Å². The van der Waals surface area contributed by atoms with Crippen molar-refractivity contribution in [3.63, 3.8) is 0 Å². The molecule has 0 fully saturated rings. The number of hydrogen-bond acceptors (Lipinski definition) is 3. The van der Waals surface area contributed by atoms with Crippen LogP contribution in [-0.4, -0.2) is 25.0 Å². The molecule has 1 amide bonds. The van der Waals surface area contributed by atoms with Crippen LogP contribution >= 0.6 is 0 Å². The molecule has 0 saturated carbocycles. The smallest absolute Gasteiger partial charge is 0.328 e. The van der Waals surface area contributed by atoms with Gasteiger partial charge in [0.15, 0.2) is 11.6 Å². The van der Waals surface area contributed by atoms with Gasteiger partial charge in [-0.05, 0) is 25.1 Å². The van der Waals surface area contributed by atoms with Gasteiger partial charge < -0.3 is 10.1 Å². The Morgan fingerprint density at radius 1 is 1.29 bits per heavy atom. The summed E-state index contributed by atoms with van der Waals surface area (Å²) in [5, 5.41) is 2.29. The van der Waals surface area contributed by atoms with E-state index in [-0.39, 0.29) is 5.56 Å². The van der Waals surface area contributed by atoms with Crippen molar-refractivity contribution >= 4 is 11.9 Å². The second kappa shape index (κ2) is 5.38. The average Bonchev–Trinajstić information content (AvgIpc) is 2.31. The minimum Gasteiger partial charge on any atom is -0.467 e. The molecule has 0 radical (unpaired) electrons. The van der Waals surface area contributed by atoms with Crippen LogP contribution in [0.2, 0.25) is 0 Å². The lowest BCUT2D eigenvalue weighted by Crippen LogP contribution is -2.39. The van der Waals surface area contributed by atoms with Gasteiger partial charge in [0.2, 0.25) is 0 Å². The minimum absolute atomic E-state index is 0.0698. The van der Waals surface area contributed by atoms with Gasteiger partial charge in [-0.25, -0.2) is 13.6 Å². The van der Waals surface area contributed by atoms with Crippen LogP contribution in [0.5, 0.6) is 0 Å². The van der Waals surface area contributed by atoms with E-state index in [4.69, 9.17) is 0 Å². The SMILES string of the molecule is COC(=O)[C@@H](C)NC(=O)c1ccc(F)c(F)c1. The first kappa shape index (κ1) is 13.1. The molecule has 0 aromatic heterocycles. The van der Waals surface area contributed by atoms with E-state index >= 15 is 0 Å². The predicted octanol–water partition coefficient (Wildman–Crippen LogP) is 1.26. The van der Waals surface area contributed by atoms with Gasteiger partial charge in [-0.15, -0.1) is 0 Å². The second-order valence-electron chi connectivity index (χ2n) is 3.35. The predicted molar refractivity (Wildman–Crippen MR) is 55.3 cm³/mol. The first-order valence-electron chi connectivity index (χ1n) is 4.79. The number of nitrogens with one attached hydrogen (secondary N) is 1. The first-order chi connectivity index (χ1) is 7.95. The molecule has 0 aliphatic heterocycles. The van der Waals surface area contributed by atoms with Gasteiger partial charge in [0.1, 0.15) is 6.04 Å². The molecule has 0 aliphatic rings. The zero-order chi connectivity index (χ0) is 13.0. The van der Waals surface area contributed by atoms with Crippen molar-refractivity contribution in [2.45, 2.75) is 13.0 Å². The van der Waals surface area contributed by atoms with Gasteiger partial charge in [0.05, 0.1) is 7.11 Å². The normalized spacial score (nSPS) is 11.8. The highest BCUT2D eigenvalue weighted by Gasteiger charge is 2.17. The molecule has 0 heterocycles. The standard InChI is InChI=1S/C11H11F2NO3/c1-6(11(16)17-2)14-10(15)7-3-4-8(12)9(13)5-7/h3-6H,1-2H3,(H,14,15)/t6-/m1/s1. The number of amides is 1. The van der Waals surface area contributed by atoms with Crippen LogP contribution in [0.3, 0.4) is 0 Å². The average molecular weight is 243 g/mol. The van der Waals surface area contributed by atoms with Gasteiger partial charge >= 0.3 is 5.97 Å². The molecule has 6 heteroatoms. The number of methoxy groups -OCH3 is 1. The zero-order valence-corrected chi connectivity index (χ0v) is 9.29. The van der Waals surface area contributed by atoms with Crippen LogP contribution < -0.4 is 5.32 Å². The van der Waals surface area contributed by atoms with Gasteiger partial charge in [-0.3, -0.25) is 4.79 Å². The lowest BCUT2D eigenvalue weighted by molar-refractivity contribution is -0.142. The van der Waals surface area contributed by atoms with E-state index in [1.54, 1.807) is 0 Å². The number of carbonyl (C=O) groups excluding carboxylic acids is 2. The fourth-order valence-electron chi connectivity index (χ4n) is 1.15. The molecule has 0 bridgehead atoms. The fraction of sp³-hybridized carbons (Fsp3) is 0.273. The van der Waals surface area contributed by atoms with Gasteiger partial charge in [-0.1, -0.05) is 0 Å².